The van der Waals surface area contributed by atoms with Crippen molar-refractivity contribution < 1.29 is 9.53 Å². The smallest absolute Gasteiger partial charge is 0.323 e. The molecule has 1 saturated heterocycles. The topological polar surface area (TPSA) is 78.2 Å². The number of carbonyl (C=O) groups excluding carboxylic acids is 1. The van der Waals surface area contributed by atoms with Gasteiger partial charge < -0.3 is 19.6 Å². The zero-order chi connectivity index (χ0) is 11.7. The Morgan fingerprint density at radius 1 is 1.56 bits per heavy atom. The standard InChI is InChI=1S/C10H15N3O3/c1-6-5-16-7(2)4-13(6)9(14)8-3-11-10(15)12-8/h3,6-7H,4-5H2,1-2H3,(H2,11,12,15)/t6-,7-/m0/s1. The van der Waals surface area contributed by atoms with Crippen LogP contribution in [0.5, 0.6) is 0 Å². The first-order valence-electron chi connectivity index (χ1n) is 5.28. The summed E-state index contributed by atoms with van der Waals surface area (Å²) >= 11 is 0. The molecule has 0 aliphatic carbocycles. The average molecular weight is 225 g/mol. The van der Waals surface area contributed by atoms with Gasteiger partial charge in [0.1, 0.15) is 5.69 Å². The van der Waals surface area contributed by atoms with E-state index in [0.717, 1.165) is 0 Å². The number of aromatic nitrogens is 2. The number of aromatic amines is 2. The lowest BCUT2D eigenvalue weighted by Crippen LogP contribution is -2.50. The molecule has 0 saturated carbocycles. The molecule has 2 N–H and O–H groups in total. The number of hydrogen-bond donors (Lipinski definition) is 2. The maximum Gasteiger partial charge on any atom is 0.323 e. The van der Waals surface area contributed by atoms with Crippen LogP contribution in [0, 0.1) is 0 Å². The molecule has 2 rings (SSSR count). The molecule has 88 valence electrons. The molecule has 1 aromatic rings. The van der Waals surface area contributed by atoms with Crippen LogP contribution >= 0.6 is 0 Å². The Balaban J connectivity index is 2.17. The second-order valence-electron chi connectivity index (χ2n) is 4.11. The van der Waals surface area contributed by atoms with E-state index in [4.69, 9.17) is 4.74 Å². The lowest BCUT2D eigenvalue weighted by Gasteiger charge is -2.36. The van der Waals surface area contributed by atoms with Crippen LogP contribution in [0.1, 0.15) is 24.3 Å². The maximum absolute atomic E-state index is 12.0. The lowest BCUT2D eigenvalue weighted by molar-refractivity contribution is -0.0388. The fourth-order valence-corrected chi connectivity index (χ4v) is 1.79. The van der Waals surface area contributed by atoms with E-state index in [1.807, 2.05) is 13.8 Å². The molecule has 6 nitrogen and oxygen atoms in total. The van der Waals surface area contributed by atoms with Crippen LogP contribution in [0.3, 0.4) is 0 Å². The summed E-state index contributed by atoms with van der Waals surface area (Å²) in [7, 11) is 0. The van der Waals surface area contributed by atoms with E-state index in [-0.39, 0.29) is 23.7 Å². The monoisotopic (exact) mass is 225 g/mol. The lowest BCUT2D eigenvalue weighted by atomic mass is 10.2. The van der Waals surface area contributed by atoms with Crippen molar-refractivity contribution in [1.82, 2.24) is 14.9 Å². The third kappa shape index (κ3) is 2.01. The summed E-state index contributed by atoms with van der Waals surface area (Å²) in [6, 6.07) is 0.0297. The Labute approximate surface area is 92.6 Å². The van der Waals surface area contributed by atoms with Gasteiger partial charge in [0.2, 0.25) is 0 Å². The van der Waals surface area contributed by atoms with Gasteiger partial charge in [-0.1, -0.05) is 0 Å². The third-order valence-corrected chi connectivity index (χ3v) is 2.69. The number of nitrogens with zero attached hydrogens (tertiary/aromatic N) is 1. The molecule has 2 heterocycles. The van der Waals surface area contributed by atoms with E-state index >= 15 is 0 Å². The summed E-state index contributed by atoms with van der Waals surface area (Å²) in [6.07, 6.45) is 1.43. The first-order valence-corrected chi connectivity index (χ1v) is 5.28. The fraction of sp³-hybridized carbons (Fsp3) is 0.600. The number of morpholine rings is 1. The maximum atomic E-state index is 12.0. The SMILES string of the molecule is C[C@H]1CN(C(=O)c2c[nH]c(=O)[nH]2)[C@@H](C)CO1. The molecular formula is C10H15N3O3. The highest BCUT2D eigenvalue weighted by Crippen LogP contribution is 2.13. The van der Waals surface area contributed by atoms with Crippen LogP contribution in [0.15, 0.2) is 11.0 Å². The van der Waals surface area contributed by atoms with E-state index in [2.05, 4.69) is 9.97 Å². The van der Waals surface area contributed by atoms with Crippen LogP contribution in [-0.2, 0) is 4.74 Å². The first-order chi connectivity index (χ1) is 7.58. The second-order valence-corrected chi connectivity index (χ2v) is 4.11. The minimum absolute atomic E-state index is 0.0297. The predicted molar refractivity (Wildman–Crippen MR) is 57.3 cm³/mol. The number of nitrogens with one attached hydrogen (secondary N) is 2. The van der Waals surface area contributed by atoms with Gasteiger partial charge in [0, 0.05) is 12.7 Å². The largest absolute Gasteiger partial charge is 0.375 e. The highest BCUT2D eigenvalue weighted by molar-refractivity contribution is 5.92. The zero-order valence-corrected chi connectivity index (χ0v) is 9.32. The predicted octanol–water partition coefficient (Wildman–Crippen LogP) is -0.0476. The van der Waals surface area contributed by atoms with Gasteiger partial charge in [-0.2, -0.15) is 0 Å². The number of imidazole rings is 1. The van der Waals surface area contributed by atoms with Gasteiger partial charge in [-0.25, -0.2) is 4.79 Å². The van der Waals surface area contributed by atoms with Crippen molar-refractivity contribution in [3.63, 3.8) is 0 Å². The van der Waals surface area contributed by atoms with Gasteiger partial charge in [-0.3, -0.25) is 4.79 Å². The van der Waals surface area contributed by atoms with Gasteiger partial charge in [-0.05, 0) is 13.8 Å². The Kier molecular flexibility index (Phi) is 2.82. The molecule has 1 fully saturated rings. The molecule has 0 unspecified atom stereocenters. The molecule has 1 amide bonds. The molecule has 0 radical (unpaired) electrons. The van der Waals surface area contributed by atoms with Gasteiger partial charge in [0.05, 0.1) is 18.8 Å². The van der Waals surface area contributed by atoms with E-state index in [9.17, 15) is 9.59 Å². The van der Waals surface area contributed by atoms with Crippen molar-refractivity contribution >= 4 is 5.91 Å². The van der Waals surface area contributed by atoms with Crippen molar-refractivity contribution in [3.8, 4) is 0 Å². The molecule has 16 heavy (non-hydrogen) atoms. The Morgan fingerprint density at radius 2 is 2.31 bits per heavy atom. The number of ether oxygens (including phenoxy) is 1. The van der Waals surface area contributed by atoms with Crippen LogP contribution in [-0.4, -0.2) is 46.1 Å². The van der Waals surface area contributed by atoms with Crippen molar-refractivity contribution in [2.24, 2.45) is 0 Å². The van der Waals surface area contributed by atoms with Crippen LogP contribution < -0.4 is 5.69 Å². The normalized spacial score (nSPS) is 25.8. The molecule has 1 aliphatic rings. The molecule has 0 aromatic carbocycles. The van der Waals surface area contributed by atoms with Crippen molar-refractivity contribution in [2.45, 2.75) is 26.0 Å². The molecule has 6 heteroatoms. The highest BCUT2D eigenvalue weighted by Gasteiger charge is 2.28. The number of amides is 1. The quantitative estimate of drug-likeness (QED) is 0.703. The van der Waals surface area contributed by atoms with Crippen molar-refractivity contribution in [3.05, 3.63) is 22.4 Å². The van der Waals surface area contributed by atoms with Crippen LogP contribution in [0.2, 0.25) is 0 Å². The minimum Gasteiger partial charge on any atom is -0.375 e. The molecule has 1 aromatic heterocycles. The Morgan fingerprint density at radius 3 is 2.94 bits per heavy atom. The fourth-order valence-electron chi connectivity index (χ4n) is 1.79. The highest BCUT2D eigenvalue weighted by atomic mass is 16.5. The molecule has 0 bridgehead atoms. The third-order valence-electron chi connectivity index (χ3n) is 2.69. The summed E-state index contributed by atoms with van der Waals surface area (Å²) in [6.45, 7) is 4.93. The molecular weight excluding hydrogens is 210 g/mol. The van der Waals surface area contributed by atoms with Gasteiger partial charge in [0.15, 0.2) is 0 Å². The van der Waals surface area contributed by atoms with Crippen LogP contribution in [0.25, 0.3) is 0 Å². The van der Waals surface area contributed by atoms with Crippen molar-refractivity contribution in [2.75, 3.05) is 13.2 Å². The van der Waals surface area contributed by atoms with Gasteiger partial charge in [-0.15, -0.1) is 0 Å². The van der Waals surface area contributed by atoms with Crippen molar-refractivity contribution in [1.29, 1.82) is 0 Å². The van der Waals surface area contributed by atoms with Crippen LogP contribution in [0.4, 0.5) is 0 Å². The average Bonchev–Trinajstić information content (AvgIpc) is 2.67. The zero-order valence-electron chi connectivity index (χ0n) is 9.32. The molecule has 2 atom stereocenters. The van der Waals surface area contributed by atoms with E-state index in [1.165, 1.54) is 6.20 Å². The Bertz CT molecular complexity index is 437. The summed E-state index contributed by atoms with van der Waals surface area (Å²) in [5.74, 6) is -0.166. The van der Waals surface area contributed by atoms with Gasteiger partial charge >= 0.3 is 5.69 Å². The summed E-state index contributed by atoms with van der Waals surface area (Å²) in [5.41, 5.74) is -0.0664. The molecule has 0 spiro atoms. The van der Waals surface area contributed by atoms with E-state index < -0.39 is 0 Å². The summed E-state index contributed by atoms with van der Waals surface area (Å²) < 4.78 is 5.44. The number of H-pyrrole nitrogens is 2. The number of carbonyl (C=O) groups is 1. The van der Waals surface area contributed by atoms with E-state index in [1.54, 1.807) is 4.90 Å². The van der Waals surface area contributed by atoms with Gasteiger partial charge in [0.25, 0.3) is 5.91 Å². The summed E-state index contributed by atoms with van der Waals surface area (Å²) in [5, 5.41) is 0. The summed E-state index contributed by atoms with van der Waals surface area (Å²) in [4.78, 5) is 29.6. The molecule has 1 aliphatic heterocycles. The number of rotatable bonds is 1. The number of hydrogen-bond acceptors (Lipinski definition) is 3. The second kappa shape index (κ2) is 4.13. The Hall–Kier alpha value is -1.56. The van der Waals surface area contributed by atoms with E-state index in [0.29, 0.717) is 18.8 Å². The first kappa shape index (κ1) is 10.9. The minimum atomic E-state index is -0.364.